The number of benzene rings is 1. The largest absolute Gasteiger partial charge is 0.296 e. The fraction of sp³-hybridized carbons (Fsp3) is 0.250. The Labute approximate surface area is 119 Å². The summed E-state index contributed by atoms with van der Waals surface area (Å²) in [6.07, 6.45) is 2.23. The second-order valence-corrected chi connectivity index (χ2v) is 4.56. The van der Waals surface area contributed by atoms with Gasteiger partial charge in [0.1, 0.15) is 11.4 Å². The third kappa shape index (κ3) is 2.60. The van der Waals surface area contributed by atoms with Crippen LogP contribution in [0, 0.1) is 21.4 Å². The second kappa shape index (κ2) is 5.67. The van der Waals surface area contributed by atoms with Gasteiger partial charge in [0.15, 0.2) is 0 Å². The predicted octanol–water partition coefficient (Wildman–Crippen LogP) is 2.74. The van der Waals surface area contributed by atoms with Crippen LogP contribution in [0.1, 0.15) is 30.0 Å². The molecule has 0 saturated carbocycles. The van der Waals surface area contributed by atoms with E-state index in [0.717, 1.165) is 0 Å². The molecule has 2 rings (SSSR count). The first-order valence-electron chi connectivity index (χ1n) is 5.82. The Morgan fingerprint density at radius 1 is 1.60 bits per heavy atom. The SMILES string of the molecule is CCC(Cl)c1cn(-c2ccc(C#N)cc2[N+](=O)[O-])nn1. The van der Waals surface area contributed by atoms with Crippen molar-refractivity contribution in [2.75, 3.05) is 0 Å². The molecule has 0 amide bonds. The third-order valence-corrected chi connectivity index (χ3v) is 3.27. The van der Waals surface area contributed by atoms with E-state index in [9.17, 15) is 10.1 Å². The molecule has 102 valence electrons. The first-order valence-corrected chi connectivity index (χ1v) is 6.25. The summed E-state index contributed by atoms with van der Waals surface area (Å²) in [5.41, 5.74) is 0.799. The molecule has 0 aliphatic carbocycles. The summed E-state index contributed by atoms with van der Waals surface area (Å²) in [5, 5.41) is 27.3. The van der Waals surface area contributed by atoms with Gasteiger partial charge in [-0.05, 0) is 18.6 Å². The molecule has 0 saturated heterocycles. The van der Waals surface area contributed by atoms with E-state index in [1.54, 1.807) is 6.20 Å². The Bertz CT molecular complexity index is 691. The molecule has 2 aromatic rings. The molecule has 0 aliphatic heterocycles. The highest BCUT2D eigenvalue weighted by Gasteiger charge is 2.19. The maximum Gasteiger partial charge on any atom is 0.296 e. The number of nitro groups is 1. The van der Waals surface area contributed by atoms with Crippen LogP contribution in [0.4, 0.5) is 5.69 Å². The van der Waals surface area contributed by atoms with Crippen LogP contribution < -0.4 is 0 Å². The van der Waals surface area contributed by atoms with Crippen molar-refractivity contribution in [1.29, 1.82) is 5.26 Å². The number of nitriles is 1. The summed E-state index contributed by atoms with van der Waals surface area (Å²) in [7, 11) is 0. The summed E-state index contributed by atoms with van der Waals surface area (Å²) in [5.74, 6) is 0. The average Bonchev–Trinajstić information content (AvgIpc) is 2.95. The highest BCUT2D eigenvalue weighted by Crippen LogP contribution is 2.26. The van der Waals surface area contributed by atoms with Crippen molar-refractivity contribution >= 4 is 17.3 Å². The number of hydrogen-bond donors (Lipinski definition) is 0. The van der Waals surface area contributed by atoms with Gasteiger partial charge in [0.05, 0.1) is 28.1 Å². The van der Waals surface area contributed by atoms with Gasteiger partial charge in [0, 0.05) is 6.07 Å². The quantitative estimate of drug-likeness (QED) is 0.490. The maximum absolute atomic E-state index is 11.1. The highest BCUT2D eigenvalue weighted by molar-refractivity contribution is 6.20. The molecule has 1 heterocycles. The van der Waals surface area contributed by atoms with E-state index in [1.807, 2.05) is 13.0 Å². The van der Waals surface area contributed by atoms with E-state index in [2.05, 4.69) is 10.3 Å². The zero-order valence-corrected chi connectivity index (χ0v) is 11.3. The lowest BCUT2D eigenvalue weighted by atomic mass is 10.2. The van der Waals surface area contributed by atoms with Crippen molar-refractivity contribution in [1.82, 2.24) is 15.0 Å². The van der Waals surface area contributed by atoms with Crippen LogP contribution in [0.2, 0.25) is 0 Å². The number of nitrogens with zero attached hydrogens (tertiary/aromatic N) is 5. The van der Waals surface area contributed by atoms with Crippen molar-refractivity contribution in [3.8, 4) is 11.8 Å². The lowest BCUT2D eigenvalue weighted by molar-refractivity contribution is -0.384. The fourth-order valence-corrected chi connectivity index (χ4v) is 1.78. The van der Waals surface area contributed by atoms with Gasteiger partial charge in [0.25, 0.3) is 5.69 Å². The summed E-state index contributed by atoms with van der Waals surface area (Å²) >= 11 is 6.05. The Balaban J connectivity index is 2.50. The molecular formula is C12H10ClN5O2. The van der Waals surface area contributed by atoms with Crippen LogP contribution in [-0.2, 0) is 0 Å². The van der Waals surface area contributed by atoms with Crippen LogP contribution in [-0.4, -0.2) is 19.9 Å². The van der Waals surface area contributed by atoms with Crippen LogP contribution >= 0.6 is 11.6 Å². The van der Waals surface area contributed by atoms with Crippen LogP contribution in [0.5, 0.6) is 0 Å². The van der Waals surface area contributed by atoms with E-state index >= 15 is 0 Å². The van der Waals surface area contributed by atoms with Crippen molar-refractivity contribution in [2.24, 2.45) is 0 Å². The molecule has 1 aromatic carbocycles. The zero-order chi connectivity index (χ0) is 14.7. The minimum Gasteiger partial charge on any atom is -0.258 e. The van der Waals surface area contributed by atoms with E-state index in [-0.39, 0.29) is 22.3 Å². The molecule has 8 heteroatoms. The molecule has 0 aliphatic rings. The van der Waals surface area contributed by atoms with Gasteiger partial charge in [-0.1, -0.05) is 12.1 Å². The Hall–Kier alpha value is -2.46. The number of rotatable bonds is 4. The molecule has 20 heavy (non-hydrogen) atoms. The number of aromatic nitrogens is 3. The number of hydrogen-bond acceptors (Lipinski definition) is 5. The minimum atomic E-state index is -0.560. The molecule has 0 spiro atoms. The number of alkyl halides is 1. The molecule has 1 atom stereocenters. The van der Waals surface area contributed by atoms with Crippen LogP contribution in [0.3, 0.4) is 0 Å². The Morgan fingerprint density at radius 2 is 2.35 bits per heavy atom. The molecule has 1 unspecified atom stereocenters. The summed E-state index contributed by atoms with van der Waals surface area (Å²) in [6.45, 7) is 1.90. The van der Waals surface area contributed by atoms with E-state index < -0.39 is 4.92 Å². The normalized spacial score (nSPS) is 11.8. The lowest BCUT2D eigenvalue weighted by Gasteiger charge is -2.02. The smallest absolute Gasteiger partial charge is 0.258 e. The van der Waals surface area contributed by atoms with Gasteiger partial charge in [0.2, 0.25) is 0 Å². The molecule has 0 radical (unpaired) electrons. The lowest BCUT2D eigenvalue weighted by Crippen LogP contribution is -2.01. The first-order chi connectivity index (χ1) is 9.56. The van der Waals surface area contributed by atoms with Gasteiger partial charge in [-0.2, -0.15) is 5.26 Å². The average molecular weight is 292 g/mol. The monoisotopic (exact) mass is 291 g/mol. The number of halogens is 1. The van der Waals surface area contributed by atoms with Crippen molar-refractivity contribution < 1.29 is 4.92 Å². The molecule has 0 N–H and O–H groups in total. The highest BCUT2D eigenvalue weighted by atomic mass is 35.5. The van der Waals surface area contributed by atoms with Crippen molar-refractivity contribution in [3.05, 3.63) is 45.8 Å². The minimum absolute atomic E-state index is 0.205. The van der Waals surface area contributed by atoms with Gasteiger partial charge >= 0.3 is 0 Å². The van der Waals surface area contributed by atoms with Gasteiger partial charge in [-0.25, -0.2) is 4.68 Å². The zero-order valence-electron chi connectivity index (χ0n) is 10.5. The van der Waals surface area contributed by atoms with Crippen LogP contribution in [0.15, 0.2) is 24.4 Å². The van der Waals surface area contributed by atoms with Crippen molar-refractivity contribution in [2.45, 2.75) is 18.7 Å². The van der Waals surface area contributed by atoms with Crippen molar-refractivity contribution in [3.63, 3.8) is 0 Å². The van der Waals surface area contributed by atoms with Gasteiger partial charge in [-0.15, -0.1) is 16.7 Å². The molecule has 7 nitrogen and oxygen atoms in total. The second-order valence-electron chi connectivity index (χ2n) is 4.04. The van der Waals surface area contributed by atoms with Gasteiger partial charge in [-0.3, -0.25) is 10.1 Å². The standard InChI is InChI=1S/C12H10ClN5O2/c1-2-9(13)10-7-17(16-15-10)11-4-3-8(6-14)5-12(11)18(19)20/h3-5,7,9H,2H2,1H3. The van der Waals surface area contributed by atoms with E-state index in [0.29, 0.717) is 12.1 Å². The maximum atomic E-state index is 11.1. The van der Waals surface area contributed by atoms with Gasteiger partial charge < -0.3 is 0 Å². The summed E-state index contributed by atoms with van der Waals surface area (Å²) < 4.78 is 1.29. The summed E-state index contributed by atoms with van der Waals surface area (Å²) in [6, 6.07) is 6.02. The topological polar surface area (TPSA) is 97.6 Å². The molecule has 1 aromatic heterocycles. The predicted molar refractivity (Wildman–Crippen MR) is 71.6 cm³/mol. The summed E-state index contributed by atoms with van der Waals surface area (Å²) in [4.78, 5) is 10.5. The van der Waals surface area contributed by atoms with E-state index in [1.165, 1.54) is 22.9 Å². The first kappa shape index (κ1) is 14.0. The van der Waals surface area contributed by atoms with Crippen LogP contribution in [0.25, 0.3) is 5.69 Å². The molecule has 0 fully saturated rings. The fourth-order valence-electron chi connectivity index (χ4n) is 1.68. The van der Waals surface area contributed by atoms with E-state index in [4.69, 9.17) is 16.9 Å². The Morgan fingerprint density at radius 3 is 2.95 bits per heavy atom. The Kier molecular flexibility index (Phi) is 3.96. The molecular weight excluding hydrogens is 282 g/mol. The number of nitro benzene ring substituents is 1. The molecule has 0 bridgehead atoms. The third-order valence-electron chi connectivity index (χ3n) is 2.74.